The minimum Gasteiger partial charge on any atom is -0.494 e. The minimum absolute atomic E-state index is 0.0762. The zero-order valence-electron chi connectivity index (χ0n) is 11.0. The summed E-state index contributed by atoms with van der Waals surface area (Å²) in [5.74, 6) is 0.952. The maximum atomic E-state index is 11.5. The lowest BCUT2D eigenvalue weighted by Crippen LogP contribution is -2.26. The Balaban J connectivity index is 2.56. The van der Waals surface area contributed by atoms with Crippen LogP contribution in [0.4, 0.5) is 0 Å². The molecule has 0 aliphatic rings. The van der Waals surface area contributed by atoms with Gasteiger partial charge in [-0.3, -0.25) is 4.79 Å². The van der Waals surface area contributed by atoms with Gasteiger partial charge in [0.1, 0.15) is 5.75 Å². The van der Waals surface area contributed by atoms with Gasteiger partial charge < -0.3 is 9.64 Å². The molecule has 0 aromatic heterocycles. The first-order valence-electron chi connectivity index (χ1n) is 6.19. The first kappa shape index (κ1) is 15.0. The van der Waals surface area contributed by atoms with E-state index in [2.05, 4.69) is 22.9 Å². The summed E-state index contributed by atoms with van der Waals surface area (Å²) in [5, 5.41) is 0.357. The van der Waals surface area contributed by atoms with Crippen LogP contribution in [0.2, 0.25) is 0 Å². The molecule has 0 saturated carbocycles. The van der Waals surface area contributed by atoms with Crippen LogP contribution in [0.5, 0.6) is 5.75 Å². The lowest BCUT2D eigenvalue weighted by atomic mass is 10.2. The summed E-state index contributed by atoms with van der Waals surface area (Å²) in [4.78, 5) is 13.2. The maximum absolute atomic E-state index is 11.5. The van der Waals surface area contributed by atoms with E-state index in [0.717, 1.165) is 30.8 Å². The Morgan fingerprint density at radius 2 is 2.22 bits per heavy atom. The second-order valence-corrected chi connectivity index (χ2v) is 4.79. The number of hydrogen-bond acceptors (Lipinski definition) is 2. The standard InChI is InChI=1S/C14H20BrNO2/c1-3-4-8-18-13-7-5-6-12(9-13)11-16(2)14(17)10-15/h5-7,9H,3-4,8,10-11H2,1-2H3. The molecule has 0 heterocycles. The smallest absolute Gasteiger partial charge is 0.233 e. The van der Waals surface area contributed by atoms with Crippen LogP contribution in [-0.2, 0) is 11.3 Å². The van der Waals surface area contributed by atoms with Crippen LogP contribution in [0.15, 0.2) is 24.3 Å². The van der Waals surface area contributed by atoms with Gasteiger partial charge in [0.05, 0.1) is 11.9 Å². The Kier molecular flexibility index (Phi) is 6.80. The van der Waals surface area contributed by atoms with Crippen LogP contribution in [-0.4, -0.2) is 29.8 Å². The highest BCUT2D eigenvalue weighted by Gasteiger charge is 2.07. The highest BCUT2D eigenvalue weighted by atomic mass is 79.9. The van der Waals surface area contributed by atoms with Gasteiger partial charge in [0.25, 0.3) is 0 Å². The van der Waals surface area contributed by atoms with Gasteiger partial charge in [0.2, 0.25) is 5.91 Å². The Morgan fingerprint density at radius 1 is 1.44 bits per heavy atom. The monoisotopic (exact) mass is 313 g/mol. The van der Waals surface area contributed by atoms with E-state index in [1.165, 1.54) is 0 Å². The molecular weight excluding hydrogens is 294 g/mol. The Bertz CT molecular complexity index is 382. The van der Waals surface area contributed by atoms with Gasteiger partial charge in [-0.05, 0) is 24.1 Å². The van der Waals surface area contributed by atoms with E-state index in [4.69, 9.17) is 4.74 Å². The van der Waals surface area contributed by atoms with Crippen molar-refractivity contribution in [2.24, 2.45) is 0 Å². The summed E-state index contributed by atoms with van der Waals surface area (Å²) in [5.41, 5.74) is 1.08. The van der Waals surface area contributed by atoms with Crippen molar-refractivity contribution < 1.29 is 9.53 Å². The highest BCUT2D eigenvalue weighted by Crippen LogP contribution is 2.15. The fourth-order valence-electron chi connectivity index (χ4n) is 1.53. The van der Waals surface area contributed by atoms with Crippen LogP contribution in [0.1, 0.15) is 25.3 Å². The van der Waals surface area contributed by atoms with Crippen molar-refractivity contribution in [3.63, 3.8) is 0 Å². The van der Waals surface area contributed by atoms with Gasteiger partial charge in [-0.25, -0.2) is 0 Å². The van der Waals surface area contributed by atoms with E-state index in [-0.39, 0.29) is 5.91 Å². The molecule has 0 saturated heterocycles. The molecule has 1 aromatic carbocycles. The number of ether oxygens (including phenoxy) is 1. The number of nitrogens with zero attached hydrogens (tertiary/aromatic N) is 1. The maximum Gasteiger partial charge on any atom is 0.233 e. The van der Waals surface area contributed by atoms with Crippen molar-refractivity contribution in [2.75, 3.05) is 19.0 Å². The van der Waals surface area contributed by atoms with E-state index in [1.807, 2.05) is 24.3 Å². The molecule has 0 unspecified atom stereocenters. The lowest BCUT2D eigenvalue weighted by molar-refractivity contribution is -0.127. The normalized spacial score (nSPS) is 10.2. The van der Waals surface area contributed by atoms with Gasteiger partial charge in [-0.15, -0.1) is 0 Å². The van der Waals surface area contributed by atoms with Crippen molar-refractivity contribution in [1.29, 1.82) is 0 Å². The summed E-state index contributed by atoms with van der Waals surface area (Å²) < 4.78 is 5.64. The largest absolute Gasteiger partial charge is 0.494 e. The van der Waals surface area contributed by atoms with Crippen LogP contribution in [0.25, 0.3) is 0 Å². The van der Waals surface area contributed by atoms with E-state index in [0.29, 0.717) is 11.9 Å². The molecule has 1 aromatic rings. The molecule has 0 bridgehead atoms. The molecule has 4 heteroatoms. The molecule has 0 aliphatic heterocycles. The quantitative estimate of drug-likeness (QED) is 0.571. The van der Waals surface area contributed by atoms with Crippen molar-refractivity contribution >= 4 is 21.8 Å². The number of carbonyl (C=O) groups excluding carboxylic acids is 1. The van der Waals surface area contributed by atoms with Gasteiger partial charge in [0.15, 0.2) is 0 Å². The van der Waals surface area contributed by atoms with E-state index in [1.54, 1.807) is 11.9 Å². The van der Waals surface area contributed by atoms with Crippen molar-refractivity contribution in [3.8, 4) is 5.75 Å². The molecule has 0 fully saturated rings. The first-order valence-corrected chi connectivity index (χ1v) is 7.31. The average molecular weight is 314 g/mol. The zero-order valence-corrected chi connectivity index (χ0v) is 12.6. The topological polar surface area (TPSA) is 29.5 Å². The Labute approximate surface area is 117 Å². The second-order valence-electron chi connectivity index (χ2n) is 4.23. The predicted octanol–water partition coefficient (Wildman–Crippen LogP) is 3.22. The molecule has 0 radical (unpaired) electrons. The van der Waals surface area contributed by atoms with Crippen molar-refractivity contribution in [3.05, 3.63) is 29.8 Å². The molecular formula is C14H20BrNO2. The van der Waals surface area contributed by atoms with E-state index >= 15 is 0 Å². The second kappa shape index (κ2) is 8.14. The summed E-state index contributed by atoms with van der Waals surface area (Å²) in [6.45, 7) is 3.49. The molecule has 0 atom stereocenters. The molecule has 0 aliphatic carbocycles. The van der Waals surface area contributed by atoms with Gasteiger partial charge in [0, 0.05) is 13.6 Å². The van der Waals surface area contributed by atoms with Crippen molar-refractivity contribution in [1.82, 2.24) is 4.90 Å². The molecule has 0 N–H and O–H groups in total. The molecule has 18 heavy (non-hydrogen) atoms. The van der Waals surface area contributed by atoms with Crippen LogP contribution in [0.3, 0.4) is 0 Å². The first-order chi connectivity index (χ1) is 8.67. The summed E-state index contributed by atoms with van der Waals surface area (Å²) in [7, 11) is 1.80. The lowest BCUT2D eigenvalue weighted by Gasteiger charge is -2.16. The summed E-state index contributed by atoms with van der Waals surface area (Å²) in [6, 6.07) is 7.91. The van der Waals surface area contributed by atoms with Gasteiger partial charge in [-0.2, -0.15) is 0 Å². The Morgan fingerprint density at radius 3 is 2.89 bits per heavy atom. The van der Waals surface area contributed by atoms with Gasteiger partial charge >= 0.3 is 0 Å². The number of amides is 1. The van der Waals surface area contributed by atoms with Crippen LogP contribution >= 0.6 is 15.9 Å². The summed E-state index contributed by atoms with van der Waals surface area (Å²) in [6.07, 6.45) is 2.19. The van der Waals surface area contributed by atoms with Gasteiger partial charge in [-0.1, -0.05) is 41.4 Å². The fraction of sp³-hybridized carbons (Fsp3) is 0.500. The number of rotatable bonds is 7. The number of unbranched alkanes of at least 4 members (excludes halogenated alkanes) is 1. The molecule has 100 valence electrons. The number of hydrogen-bond donors (Lipinski definition) is 0. The third kappa shape index (κ3) is 5.08. The number of halogens is 1. The summed E-state index contributed by atoms with van der Waals surface area (Å²) >= 11 is 3.17. The molecule has 3 nitrogen and oxygen atoms in total. The van der Waals surface area contributed by atoms with Crippen LogP contribution < -0.4 is 4.74 Å². The number of carbonyl (C=O) groups is 1. The predicted molar refractivity (Wildman–Crippen MR) is 77.1 cm³/mol. The SMILES string of the molecule is CCCCOc1cccc(CN(C)C(=O)CBr)c1. The third-order valence-corrected chi connectivity index (χ3v) is 3.10. The minimum atomic E-state index is 0.0762. The van der Waals surface area contributed by atoms with E-state index in [9.17, 15) is 4.79 Å². The molecule has 1 amide bonds. The van der Waals surface area contributed by atoms with Crippen LogP contribution in [0, 0.1) is 0 Å². The Hall–Kier alpha value is -1.03. The molecule has 1 rings (SSSR count). The number of alkyl halides is 1. The fourth-order valence-corrected chi connectivity index (χ4v) is 1.96. The third-order valence-electron chi connectivity index (χ3n) is 2.62. The number of benzene rings is 1. The molecule has 0 spiro atoms. The average Bonchev–Trinajstić information content (AvgIpc) is 2.38. The highest BCUT2D eigenvalue weighted by molar-refractivity contribution is 9.09. The van der Waals surface area contributed by atoms with E-state index < -0.39 is 0 Å². The van der Waals surface area contributed by atoms with Crippen molar-refractivity contribution in [2.45, 2.75) is 26.3 Å². The zero-order chi connectivity index (χ0) is 13.4.